The number of rotatable bonds is 9. The Balaban J connectivity index is 2.27. The normalized spacial score (nSPS) is 17.9. The van der Waals surface area contributed by atoms with Crippen LogP contribution in [0.15, 0.2) is 4.79 Å². The first-order valence-corrected chi connectivity index (χ1v) is 12.4. The number of nitrogens with one attached hydrogen (secondary N) is 2. The van der Waals surface area contributed by atoms with Gasteiger partial charge in [-0.25, -0.2) is 0 Å². The molecule has 1 saturated heterocycles. The lowest BCUT2D eigenvalue weighted by atomic mass is 10.1. The molecule has 1 aliphatic heterocycles. The van der Waals surface area contributed by atoms with E-state index in [9.17, 15) is 39.6 Å². The van der Waals surface area contributed by atoms with Crippen LogP contribution in [0, 0.1) is 0 Å². The summed E-state index contributed by atoms with van der Waals surface area (Å²) in [4.78, 5) is 60.5. The van der Waals surface area contributed by atoms with Crippen molar-refractivity contribution >= 4 is 23.9 Å². The number of hydrogen-bond donors (Lipinski definition) is 6. The van der Waals surface area contributed by atoms with Gasteiger partial charge in [-0.2, -0.15) is 4.98 Å². The van der Waals surface area contributed by atoms with Crippen molar-refractivity contribution in [3.63, 3.8) is 0 Å². The second kappa shape index (κ2) is 14.0. The van der Waals surface area contributed by atoms with Crippen molar-refractivity contribution in [2.45, 2.75) is 32.9 Å². The Hall–Kier alpha value is -3.27. The predicted octanol–water partition coefficient (Wildman–Crippen LogP) is -1.34. The molecule has 15 nitrogen and oxygen atoms in total. The van der Waals surface area contributed by atoms with Gasteiger partial charge < -0.3 is 25.7 Å². The van der Waals surface area contributed by atoms with E-state index in [1.807, 2.05) is 25.7 Å². The van der Waals surface area contributed by atoms with Crippen LogP contribution in [0.25, 0.3) is 0 Å². The summed E-state index contributed by atoms with van der Waals surface area (Å²) in [6.07, 6.45) is 0. The fourth-order valence-electron chi connectivity index (χ4n) is 4.05. The molecule has 214 valence electrons. The minimum atomic E-state index is -1.03. The highest BCUT2D eigenvalue weighted by Crippen LogP contribution is 2.16. The third-order valence-corrected chi connectivity index (χ3v) is 5.88. The maximum absolute atomic E-state index is 12.8. The van der Waals surface area contributed by atoms with Crippen LogP contribution in [0.4, 0.5) is 5.95 Å². The van der Waals surface area contributed by atoms with Crippen LogP contribution < -0.4 is 10.9 Å². The van der Waals surface area contributed by atoms with Crippen LogP contribution in [-0.2, 0) is 20.9 Å². The van der Waals surface area contributed by atoms with Crippen molar-refractivity contribution in [2.75, 3.05) is 77.3 Å². The summed E-state index contributed by atoms with van der Waals surface area (Å²) in [5, 5.41) is 41.5. The SMILES string of the molecule is CC(C)(C)Nc1nc(O)c(CN2CCN(CC(=O)O)CCN(CC(=O)O)CCN(CC(=O)O)CC2)c(=O)[nH]1. The number of carbonyl (C=O) groups is 3. The molecular formula is C23H39N7O8. The number of nitrogens with zero attached hydrogens (tertiary/aromatic N) is 5. The van der Waals surface area contributed by atoms with Crippen molar-refractivity contribution in [1.82, 2.24) is 29.6 Å². The van der Waals surface area contributed by atoms with Gasteiger partial charge in [0.15, 0.2) is 0 Å². The van der Waals surface area contributed by atoms with Crippen molar-refractivity contribution in [3.05, 3.63) is 15.9 Å². The van der Waals surface area contributed by atoms with Gasteiger partial charge in [0, 0.05) is 64.4 Å². The van der Waals surface area contributed by atoms with Gasteiger partial charge in [-0.15, -0.1) is 0 Å². The van der Waals surface area contributed by atoms with Gasteiger partial charge in [0.1, 0.15) is 0 Å². The highest BCUT2D eigenvalue weighted by molar-refractivity contribution is 5.69. The van der Waals surface area contributed by atoms with Gasteiger partial charge in [0.05, 0.1) is 25.2 Å². The lowest BCUT2D eigenvalue weighted by molar-refractivity contribution is -0.140. The summed E-state index contributed by atoms with van der Waals surface area (Å²) >= 11 is 0. The molecule has 0 radical (unpaired) electrons. The Kier molecular flexibility index (Phi) is 11.4. The number of aromatic amines is 1. The van der Waals surface area contributed by atoms with Gasteiger partial charge >= 0.3 is 17.9 Å². The summed E-state index contributed by atoms with van der Waals surface area (Å²) in [6, 6.07) is 0. The average molecular weight is 542 g/mol. The zero-order chi connectivity index (χ0) is 28.5. The largest absolute Gasteiger partial charge is 0.493 e. The molecule has 1 aliphatic rings. The minimum Gasteiger partial charge on any atom is -0.493 e. The van der Waals surface area contributed by atoms with E-state index in [1.54, 1.807) is 14.7 Å². The Morgan fingerprint density at radius 2 is 1.16 bits per heavy atom. The second-order valence-electron chi connectivity index (χ2n) is 10.4. The molecule has 0 unspecified atom stereocenters. The number of hydrogen-bond acceptors (Lipinski definition) is 11. The van der Waals surface area contributed by atoms with E-state index in [1.165, 1.54) is 0 Å². The Morgan fingerprint density at radius 3 is 1.47 bits per heavy atom. The lowest BCUT2D eigenvalue weighted by Crippen LogP contribution is -2.48. The Labute approximate surface area is 220 Å². The van der Waals surface area contributed by atoms with E-state index in [2.05, 4.69) is 15.3 Å². The van der Waals surface area contributed by atoms with Gasteiger partial charge in [0.2, 0.25) is 11.8 Å². The van der Waals surface area contributed by atoms with Crippen LogP contribution in [0.1, 0.15) is 26.3 Å². The molecule has 0 saturated carbocycles. The molecular weight excluding hydrogens is 502 g/mol. The molecule has 15 heteroatoms. The van der Waals surface area contributed by atoms with E-state index < -0.39 is 34.9 Å². The molecule has 0 amide bonds. The van der Waals surface area contributed by atoms with Gasteiger partial charge in [0.25, 0.3) is 5.56 Å². The first-order valence-electron chi connectivity index (χ1n) is 12.4. The standard InChI is InChI=1S/C23H39N7O8/c1-23(2,3)26-22-24-20(37)16(21(38)25-22)12-27-4-6-28(13-17(31)32)8-10-30(15-19(35)36)11-9-29(7-5-27)14-18(33)34/h4-15H2,1-3H3,(H,31,32)(H,33,34)(H,35,36)(H3,24,25,26,37,38). The Bertz CT molecular complexity index is 994. The maximum Gasteiger partial charge on any atom is 0.317 e. The van der Waals surface area contributed by atoms with Crippen LogP contribution in [0.2, 0.25) is 0 Å². The predicted molar refractivity (Wildman–Crippen MR) is 137 cm³/mol. The summed E-state index contributed by atoms with van der Waals surface area (Å²) < 4.78 is 0. The molecule has 0 aliphatic carbocycles. The summed E-state index contributed by atoms with van der Waals surface area (Å²) in [7, 11) is 0. The summed E-state index contributed by atoms with van der Waals surface area (Å²) in [5.41, 5.74) is -0.884. The maximum atomic E-state index is 12.8. The highest BCUT2D eigenvalue weighted by atomic mass is 16.4. The van der Waals surface area contributed by atoms with Crippen molar-refractivity contribution < 1.29 is 34.8 Å². The molecule has 38 heavy (non-hydrogen) atoms. The van der Waals surface area contributed by atoms with Crippen molar-refractivity contribution in [2.24, 2.45) is 0 Å². The van der Waals surface area contributed by atoms with E-state index in [-0.39, 0.29) is 63.9 Å². The van der Waals surface area contributed by atoms with E-state index in [0.717, 1.165) is 0 Å². The average Bonchev–Trinajstić information content (AvgIpc) is 2.75. The van der Waals surface area contributed by atoms with E-state index in [4.69, 9.17) is 0 Å². The molecule has 0 bridgehead atoms. The number of carboxylic acid groups (broad SMARTS) is 3. The molecule has 1 aromatic rings. The summed E-state index contributed by atoms with van der Waals surface area (Å²) in [5.74, 6) is -3.38. The third-order valence-electron chi connectivity index (χ3n) is 5.88. The number of H-pyrrole nitrogens is 1. The zero-order valence-electron chi connectivity index (χ0n) is 22.1. The molecule has 0 spiro atoms. The lowest BCUT2D eigenvalue weighted by Gasteiger charge is -2.33. The van der Waals surface area contributed by atoms with Crippen LogP contribution in [0.3, 0.4) is 0 Å². The first kappa shape index (κ1) is 31.0. The Morgan fingerprint density at radius 1 is 0.789 bits per heavy atom. The molecule has 2 heterocycles. The molecule has 0 atom stereocenters. The molecule has 1 aromatic heterocycles. The minimum absolute atomic E-state index is 0.0108. The molecule has 1 fully saturated rings. The van der Waals surface area contributed by atoms with Gasteiger partial charge in [-0.1, -0.05) is 0 Å². The van der Waals surface area contributed by atoms with Gasteiger partial charge in [-0.05, 0) is 20.8 Å². The van der Waals surface area contributed by atoms with Crippen LogP contribution >= 0.6 is 0 Å². The number of aliphatic carboxylic acids is 3. The number of aromatic nitrogens is 2. The zero-order valence-corrected chi connectivity index (χ0v) is 22.1. The molecule has 0 aromatic carbocycles. The van der Waals surface area contributed by atoms with Crippen LogP contribution in [0.5, 0.6) is 5.88 Å². The number of anilines is 1. The second-order valence-corrected chi connectivity index (χ2v) is 10.4. The van der Waals surface area contributed by atoms with E-state index >= 15 is 0 Å². The third kappa shape index (κ3) is 11.4. The summed E-state index contributed by atoms with van der Waals surface area (Å²) in [6.45, 7) is 7.25. The molecule has 6 N–H and O–H groups in total. The van der Waals surface area contributed by atoms with Gasteiger partial charge in [-0.3, -0.25) is 43.8 Å². The van der Waals surface area contributed by atoms with Crippen molar-refractivity contribution in [3.8, 4) is 5.88 Å². The fraction of sp³-hybridized carbons (Fsp3) is 0.696. The van der Waals surface area contributed by atoms with Crippen LogP contribution in [-0.4, -0.2) is 145 Å². The van der Waals surface area contributed by atoms with E-state index in [0.29, 0.717) is 26.2 Å². The monoisotopic (exact) mass is 541 g/mol. The fourth-order valence-corrected chi connectivity index (χ4v) is 4.05. The quantitative estimate of drug-likeness (QED) is 0.214. The van der Waals surface area contributed by atoms with Crippen molar-refractivity contribution in [1.29, 1.82) is 0 Å². The number of aromatic hydroxyl groups is 1. The molecule has 2 rings (SSSR count). The first-order chi connectivity index (χ1) is 17.7. The smallest absolute Gasteiger partial charge is 0.317 e. The highest BCUT2D eigenvalue weighted by Gasteiger charge is 2.22. The topological polar surface area (TPSA) is 203 Å². The number of carboxylic acids is 3.